The Morgan fingerprint density at radius 1 is 0.895 bits per heavy atom. The summed E-state index contributed by atoms with van der Waals surface area (Å²) < 4.78 is 10.6. The highest BCUT2D eigenvalue weighted by molar-refractivity contribution is 6.30. The summed E-state index contributed by atoms with van der Waals surface area (Å²) in [6.07, 6.45) is -0.559. The highest BCUT2D eigenvalue weighted by Crippen LogP contribution is 2.44. The second-order valence-electron chi connectivity index (χ2n) is 9.11. The molecule has 5 rings (SSSR count). The topological polar surface area (TPSA) is 84.9 Å². The standard InChI is InChI=1S/C31H26ClNO5/c1-37-30(35)28(17-19-10-15-29(34)26(16-19)20-11-13-21(32)14-12-20)33-31(36)38-18-27-24-8-4-2-6-22(24)23-7-3-5-9-25(23)27/h2-16,27-28,34H,17-18H2,1H3,(H,33,36)/t28-/m0/s1. The number of ether oxygens (including phenoxy) is 2. The number of halogens is 1. The molecule has 0 spiro atoms. The van der Waals surface area contributed by atoms with Crippen LogP contribution in [0.15, 0.2) is 91.0 Å². The number of carbonyl (C=O) groups is 2. The summed E-state index contributed by atoms with van der Waals surface area (Å²) in [5, 5.41) is 13.6. The molecule has 0 saturated carbocycles. The lowest BCUT2D eigenvalue weighted by molar-refractivity contribution is -0.143. The van der Waals surface area contributed by atoms with Crippen molar-refractivity contribution in [2.45, 2.75) is 18.4 Å². The van der Waals surface area contributed by atoms with E-state index in [4.69, 9.17) is 21.1 Å². The minimum Gasteiger partial charge on any atom is -0.507 e. The van der Waals surface area contributed by atoms with Crippen LogP contribution < -0.4 is 5.32 Å². The van der Waals surface area contributed by atoms with E-state index in [1.54, 1.807) is 42.5 Å². The first-order valence-electron chi connectivity index (χ1n) is 12.2. The van der Waals surface area contributed by atoms with Crippen molar-refractivity contribution in [1.82, 2.24) is 5.32 Å². The van der Waals surface area contributed by atoms with Crippen molar-refractivity contribution in [2.24, 2.45) is 0 Å². The maximum absolute atomic E-state index is 12.8. The first kappa shape index (κ1) is 25.4. The lowest BCUT2D eigenvalue weighted by Gasteiger charge is -2.19. The zero-order valence-corrected chi connectivity index (χ0v) is 21.4. The summed E-state index contributed by atoms with van der Waals surface area (Å²) in [6, 6.07) is 27.3. The van der Waals surface area contributed by atoms with Crippen LogP contribution in [0.5, 0.6) is 5.75 Å². The fourth-order valence-corrected chi connectivity index (χ4v) is 5.05. The van der Waals surface area contributed by atoms with Gasteiger partial charge in [0.25, 0.3) is 0 Å². The summed E-state index contributed by atoms with van der Waals surface area (Å²) in [5.74, 6) is -0.599. The van der Waals surface area contributed by atoms with Crippen LogP contribution in [0, 0.1) is 0 Å². The van der Waals surface area contributed by atoms with Gasteiger partial charge in [-0.2, -0.15) is 0 Å². The molecular weight excluding hydrogens is 502 g/mol. The molecule has 0 heterocycles. The Hall–Kier alpha value is -4.29. The lowest BCUT2D eigenvalue weighted by atomic mass is 9.98. The average molecular weight is 528 g/mol. The van der Waals surface area contributed by atoms with E-state index in [-0.39, 0.29) is 24.7 Å². The van der Waals surface area contributed by atoms with Gasteiger partial charge in [0.2, 0.25) is 0 Å². The molecule has 192 valence electrons. The van der Waals surface area contributed by atoms with Gasteiger partial charge in [0.1, 0.15) is 18.4 Å². The van der Waals surface area contributed by atoms with Crippen molar-refractivity contribution in [3.05, 3.63) is 113 Å². The molecule has 1 aliphatic carbocycles. The molecule has 38 heavy (non-hydrogen) atoms. The van der Waals surface area contributed by atoms with Crippen LogP contribution in [0.4, 0.5) is 4.79 Å². The Morgan fingerprint density at radius 3 is 2.16 bits per heavy atom. The number of hydrogen-bond acceptors (Lipinski definition) is 5. The molecule has 0 bridgehead atoms. The van der Waals surface area contributed by atoms with E-state index < -0.39 is 18.1 Å². The Kier molecular flexibility index (Phi) is 7.33. The molecule has 7 heteroatoms. The molecule has 0 aromatic heterocycles. The normalized spacial score (nSPS) is 12.8. The summed E-state index contributed by atoms with van der Waals surface area (Å²) in [5.41, 5.74) is 6.55. The van der Waals surface area contributed by atoms with Gasteiger partial charge in [0.15, 0.2) is 0 Å². The van der Waals surface area contributed by atoms with Gasteiger partial charge in [-0.25, -0.2) is 9.59 Å². The summed E-state index contributed by atoms with van der Waals surface area (Å²) in [6.45, 7) is 0.133. The first-order valence-corrected chi connectivity index (χ1v) is 12.6. The quantitative estimate of drug-likeness (QED) is 0.274. The summed E-state index contributed by atoms with van der Waals surface area (Å²) >= 11 is 5.99. The third-order valence-corrected chi connectivity index (χ3v) is 7.03. The number of nitrogens with one attached hydrogen (secondary N) is 1. The number of rotatable bonds is 7. The Balaban J connectivity index is 1.29. The van der Waals surface area contributed by atoms with Crippen LogP contribution in [-0.4, -0.2) is 36.9 Å². The third kappa shape index (κ3) is 5.22. The van der Waals surface area contributed by atoms with Crippen LogP contribution >= 0.6 is 11.6 Å². The number of aromatic hydroxyl groups is 1. The predicted octanol–water partition coefficient (Wildman–Crippen LogP) is 6.34. The van der Waals surface area contributed by atoms with Crippen molar-refractivity contribution in [3.8, 4) is 28.0 Å². The van der Waals surface area contributed by atoms with E-state index in [2.05, 4.69) is 17.4 Å². The number of esters is 1. The largest absolute Gasteiger partial charge is 0.507 e. The van der Waals surface area contributed by atoms with Crippen LogP contribution in [0.25, 0.3) is 22.3 Å². The Labute approximate surface area is 225 Å². The van der Waals surface area contributed by atoms with Crippen LogP contribution in [0.3, 0.4) is 0 Å². The van der Waals surface area contributed by atoms with E-state index in [1.807, 2.05) is 36.4 Å². The van der Waals surface area contributed by atoms with Gasteiger partial charge in [-0.05, 0) is 57.6 Å². The minimum absolute atomic E-state index is 0.0928. The Morgan fingerprint density at radius 2 is 1.53 bits per heavy atom. The van der Waals surface area contributed by atoms with Crippen molar-refractivity contribution < 1.29 is 24.2 Å². The first-order chi connectivity index (χ1) is 18.4. The van der Waals surface area contributed by atoms with Crippen molar-refractivity contribution in [1.29, 1.82) is 0 Å². The molecule has 0 saturated heterocycles. The van der Waals surface area contributed by atoms with E-state index in [1.165, 1.54) is 7.11 Å². The van der Waals surface area contributed by atoms with Crippen molar-refractivity contribution in [3.63, 3.8) is 0 Å². The molecule has 6 nitrogen and oxygen atoms in total. The zero-order valence-electron chi connectivity index (χ0n) is 20.7. The van der Waals surface area contributed by atoms with Crippen LogP contribution in [-0.2, 0) is 20.7 Å². The van der Waals surface area contributed by atoms with Gasteiger partial charge in [-0.1, -0.05) is 78.3 Å². The molecule has 1 amide bonds. The average Bonchev–Trinajstić information content (AvgIpc) is 3.26. The fraction of sp³-hybridized carbons (Fsp3) is 0.161. The fourth-order valence-electron chi connectivity index (χ4n) is 4.92. The maximum atomic E-state index is 12.8. The molecule has 4 aromatic rings. The smallest absolute Gasteiger partial charge is 0.407 e. The molecule has 0 aliphatic heterocycles. The lowest BCUT2D eigenvalue weighted by Crippen LogP contribution is -2.43. The molecular formula is C31H26ClNO5. The number of phenolic OH excluding ortho intramolecular Hbond substituents is 1. The van der Waals surface area contributed by atoms with E-state index in [0.29, 0.717) is 10.6 Å². The van der Waals surface area contributed by atoms with Crippen molar-refractivity contribution >= 4 is 23.7 Å². The van der Waals surface area contributed by atoms with E-state index in [0.717, 1.165) is 33.4 Å². The predicted molar refractivity (Wildman–Crippen MR) is 146 cm³/mol. The van der Waals surface area contributed by atoms with Gasteiger partial charge < -0.3 is 19.9 Å². The monoisotopic (exact) mass is 527 g/mol. The minimum atomic E-state index is -0.974. The number of alkyl carbamates (subject to hydrolysis) is 1. The second-order valence-corrected chi connectivity index (χ2v) is 9.54. The molecule has 2 N–H and O–H groups in total. The van der Waals surface area contributed by atoms with Crippen LogP contribution in [0.2, 0.25) is 5.02 Å². The molecule has 1 aliphatic rings. The van der Waals surface area contributed by atoms with Gasteiger partial charge in [-0.3, -0.25) is 0 Å². The second kappa shape index (κ2) is 11.0. The number of carbonyl (C=O) groups excluding carboxylic acids is 2. The number of fused-ring (bicyclic) bond motifs is 3. The van der Waals surface area contributed by atoms with Crippen LogP contribution in [0.1, 0.15) is 22.6 Å². The number of amides is 1. The van der Waals surface area contributed by atoms with Gasteiger partial charge >= 0.3 is 12.1 Å². The summed E-state index contributed by atoms with van der Waals surface area (Å²) in [7, 11) is 1.27. The third-order valence-electron chi connectivity index (χ3n) is 6.78. The number of hydrogen-bond donors (Lipinski definition) is 2. The SMILES string of the molecule is COC(=O)[C@H](Cc1ccc(O)c(-c2ccc(Cl)cc2)c1)NC(=O)OCC1c2ccccc2-c2ccccc21. The molecule has 0 radical (unpaired) electrons. The zero-order chi connectivity index (χ0) is 26.6. The molecule has 0 fully saturated rings. The van der Waals surface area contributed by atoms with Gasteiger partial charge in [0, 0.05) is 22.9 Å². The van der Waals surface area contributed by atoms with Gasteiger partial charge in [-0.15, -0.1) is 0 Å². The number of methoxy groups -OCH3 is 1. The highest BCUT2D eigenvalue weighted by Gasteiger charge is 2.30. The van der Waals surface area contributed by atoms with E-state index in [9.17, 15) is 14.7 Å². The summed E-state index contributed by atoms with van der Waals surface area (Å²) in [4.78, 5) is 25.4. The van der Waals surface area contributed by atoms with E-state index >= 15 is 0 Å². The molecule has 4 aromatic carbocycles. The van der Waals surface area contributed by atoms with Crippen molar-refractivity contribution in [2.75, 3.05) is 13.7 Å². The molecule has 0 unspecified atom stereocenters. The highest BCUT2D eigenvalue weighted by atomic mass is 35.5. The number of phenols is 1. The van der Waals surface area contributed by atoms with Gasteiger partial charge in [0.05, 0.1) is 7.11 Å². The Bertz CT molecular complexity index is 1440. The molecule has 1 atom stereocenters. The number of benzene rings is 4. The maximum Gasteiger partial charge on any atom is 0.407 e.